The molecule has 2 aromatic heterocycles. The number of ether oxygens (including phenoxy) is 3. The van der Waals surface area contributed by atoms with E-state index in [1.807, 2.05) is 23.6 Å². The Morgan fingerprint density at radius 2 is 2.12 bits per heavy atom. The van der Waals surface area contributed by atoms with Gasteiger partial charge in [0.25, 0.3) is 5.91 Å². The third-order valence-corrected chi connectivity index (χ3v) is 6.70. The number of hydrogen-bond acceptors (Lipinski definition) is 9. The molecule has 0 saturated carbocycles. The van der Waals surface area contributed by atoms with Crippen LogP contribution in [0.5, 0.6) is 11.5 Å². The van der Waals surface area contributed by atoms with Gasteiger partial charge in [0.15, 0.2) is 11.5 Å². The maximum absolute atomic E-state index is 12.7. The van der Waals surface area contributed by atoms with Gasteiger partial charge >= 0.3 is 0 Å². The number of anilines is 1. The Bertz CT molecular complexity index is 1260. The third kappa shape index (κ3) is 4.63. The van der Waals surface area contributed by atoms with E-state index in [-0.39, 0.29) is 0 Å². The lowest BCUT2D eigenvalue weighted by Crippen LogP contribution is -2.37. The zero-order chi connectivity index (χ0) is 23.5. The highest BCUT2D eigenvalue weighted by molar-refractivity contribution is 7.09. The van der Waals surface area contributed by atoms with E-state index in [4.69, 9.17) is 19.2 Å². The van der Waals surface area contributed by atoms with Crippen LogP contribution in [0.15, 0.2) is 22.5 Å². The van der Waals surface area contributed by atoms with E-state index in [1.165, 1.54) is 11.3 Å². The van der Waals surface area contributed by atoms with Crippen LogP contribution in [0.1, 0.15) is 21.9 Å². The van der Waals surface area contributed by atoms with Gasteiger partial charge in [-0.3, -0.25) is 14.3 Å². The summed E-state index contributed by atoms with van der Waals surface area (Å²) in [6.45, 7) is 8.30. The van der Waals surface area contributed by atoms with Crippen molar-refractivity contribution in [1.29, 1.82) is 0 Å². The number of nitrogens with zero attached hydrogens (tertiary/aromatic N) is 5. The summed E-state index contributed by atoms with van der Waals surface area (Å²) in [5, 5.41) is 6.82. The highest BCUT2D eigenvalue weighted by Crippen LogP contribution is 2.37. The summed E-state index contributed by atoms with van der Waals surface area (Å²) in [5.41, 5.74) is 1.26. The fourth-order valence-electron chi connectivity index (χ4n) is 4.25. The maximum Gasteiger partial charge on any atom is 0.299 e. The molecule has 0 unspecified atom stereocenters. The van der Waals surface area contributed by atoms with Crippen molar-refractivity contribution < 1.29 is 19.0 Å². The normalized spacial score (nSPS) is 16.5. The van der Waals surface area contributed by atoms with Gasteiger partial charge in [0.2, 0.25) is 5.62 Å². The first-order chi connectivity index (χ1) is 16.6. The molecule has 10 nitrogen and oxygen atoms in total. The molecule has 0 atom stereocenters. The van der Waals surface area contributed by atoms with Crippen molar-refractivity contribution in [3.63, 3.8) is 0 Å². The van der Waals surface area contributed by atoms with Crippen molar-refractivity contribution in [3.8, 4) is 11.5 Å². The Kier molecular flexibility index (Phi) is 6.75. The Hall–Kier alpha value is -3.02. The molecule has 4 heterocycles. The molecule has 3 aromatic rings. The van der Waals surface area contributed by atoms with Crippen molar-refractivity contribution >= 4 is 34.0 Å². The van der Waals surface area contributed by atoms with Crippen LogP contribution < -0.4 is 20.4 Å². The molecule has 1 fully saturated rings. The Morgan fingerprint density at radius 3 is 2.88 bits per heavy atom. The summed E-state index contributed by atoms with van der Waals surface area (Å²) in [6.07, 6.45) is 0.901. The summed E-state index contributed by atoms with van der Waals surface area (Å²) >= 11 is 1.42. The molecule has 1 aromatic carbocycles. The molecule has 0 spiro atoms. The van der Waals surface area contributed by atoms with Crippen LogP contribution in [0.25, 0.3) is 10.9 Å². The van der Waals surface area contributed by atoms with Gasteiger partial charge in [0.1, 0.15) is 17.0 Å². The number of rotatable bonds is 7. The zero-order valence-corrected chi connectivity index (χ0v) is 20.2. The number of methoxy groups -OCH3 is 1. The van der Waals surface area contributed by atoms with Gasteiger partial charge in [0.05, 0.1) is 31.9 Å². The van der Waals surface area contributed by atoms with Crippen LogP contribution in [0.2, 0.25) is 0 Å². The summed E-state index contributed by atoms with van der Waals surface area (Å²) < 4.78 is 19.1. The third-order valence-electron chi connectivity index (χ3n) is 5.93. The number of aryl methyl sites for hydroxylation is 1. The van der Waals surface area contributed by atoms with E-state index >= 15 is 0 Å². The lowest BCUT2D eigenvalue weighted by molar-refractivity contribution is 0.0357. The number of hydrogen-bond donors (Lipinski definition) is 1. The predicted molar refractivity (Wildman–Crippen MR) is 129 cm³/mol. The number of nitrogens with one attached hydrogen (secondary N) is 1. The smallest absolute Gasteiger partial charge is 0.299 e. The standard InChI is InChI=1S/C23H28N6O4S/c1-15-25-17(14-34-15)22(30)27-23-26-19-16(21-24-6-8-29(21)23)4-5-18(20(19)31-2)33-11-3-7-28-9-12-32-13-10-28/h4-5,14,24H,3,6-13H2,1-2H3. The molecule has 180 valence electrons. The molecule has 0 bridgehead atoms. The highest BCUT2D eigenvalue weighted by Gasteiger charge is 2.21. The molecule has 1 amide bonds. The minimum atomic E-state index is -0.410. The lowest BCUT2D eigenvalue weighted by Gasteiger charge is -2.26. The van der Waals surface area contributed by atoms with E-state index in [2.05, 4.69) is 20.2 Å². The monoisotopic (exact) mass is 484 g/mol. The number of fused-ring (bicyclic) bond motifs is 3. The number of benzene rings is 1. The van der Waals surface area contributed by atoms with Gasteiger partial charge in [-0.15, -0.1) is 11.3 Å². The van der Waals surface area contributed by atoms with Gasteiger partial charge in [-0.05, 0) is 25.5 Å². The Morgan fingerprint density at radius 1 is 1.26 bits per heavy atom. The van der Waals surface area contributed by atoms with Crippen LogP contribution in [-0.4, -0.2) is 78.5 Å². The molecule has 2 aliphatic rings. The van der Waals surface area contributed by atoms with Crippen LogP contribution in [0.4, 0.5) is 5.82 Å². The van der Waals surface area contributed by atoms with Crippen LogP contribution in [0, 0.1) is 6.92 Å². The molecule has 2 aliphatic heterocycles. The number of carbonyl (C=O) groups is 1. The van der Waals surface area contributed by atoms with Crippen molar-refractivity contribution in [1.82, 2.24) is 19.4 Å². The maximum atomic E-state index is 12.7. The van der Waals surface area contributed by atoms with Gasteiger partial charge in [-0.2, -0.15) is 4.99 Å². The number of amides is 1. The number of morpholine rings is 1. The van der Waals surface area contributed by atoms with E-state index in [0.29, 0.717) is 41.5 Å². The second kappa shape index (κ2) is 10.1. The van der Waals surface area contributed by atoms with Crippen molar-refractivity contribution in [2.45, 2.75) is 19.9 Å². The number of thiazole rings is 1. The SMILES string of the molecule is COc1c(OCCCN2CCOCC2)ccc2c3n(c(=NC(=O)c4csc(C)n4)nc12)CCN3. The number of carbonyl (C=O) groups excluding carboxylic acids is 1. The van der Waals surface area contributed by atoms with Crippen LogP contribution in [0.3, 0.4) is 0 Å². The molecule has 5 rings (SSSR count). The quantitative estimate of drug-likeness (QED) is 0.509. The molecular weight excluding hydrogens is 456 g/mol. The topological polar surface area (TPSA) is 103 Å². The second-order valence-electron chi connectivity index (χ2n) is 8.16. The first kappa shape index (κ1) is 22.8. The van der Waals surface area contributed by atoms with Gasteiger partial charge in [-0.1, -0.05) is 0 Å². The summed E-state index contributed by atoms with van der Waals surface area (Å²) in [5.74, 6) is 1.62. The Labute approximate surface area is 201 Å². The first-order valence-corrected chi connectivity index (χ1v) is 12.3. The Balaban J connectivity index is 1.44. The predicted octanol–water partition coefficient (Wildman–Crippen LogP) is 2.08. The molecule has 1 N–H and O–H groups in total. The van der Waals surface area contributed by atoms with Crippen LogP contribution in [-0.2, 0) is 11.3 Å². The molecule has 0 aliphatic carbocycles. The van der Waals surface area contributed by atoms with E-state index in [9.17, 15) is 4.79 Å². The highest BCUT2D eigenvalue weighted by atomic mass is 32.1. The van der Waals surface area contributed by atoms with Crippen LogP contribution >= 0.6 is 11.3 Å². The van der Waals surface area contributed by atoms with E-state index < -0.39 is 5.91 Å². The zero-order valence-electron chi connectivity index (χ0n) is 19.4. The molecule has 1 saturated heterocycles. The minimum Gasteiger partial charge on any atom is -0.491 e. The molecule has 11 heteroatoms. The van der Waals surface area contributed by atoms with Gasteiger partial charge in [-0.25, -0.2) is 9.97 Å². The van der Waals surface area contributed by atoms with Gasteiger partial charge in [0, 0.05) is 43.5 Å². The van der Waals surface area contributed by atoms with Crippen molar-refractivity contribution in [3.05, 3.63) is 33.8 Å². The second-order valence-corrected chi connectivity index (χ2v) is 9.22. The van der Waals surface area contributed by atoms with Crippen molar-refractivity contribution in [2.75, 3.05) is 58.4 Å². The summed E-state index contributed by atoms with van der Waals surface area (Å²) in [6, 6.07) is 3.89. The largest absolute Gasteiger partial charge is 0.491 e. The summed E-state index contributed by atoms with van der Waals surface area (Å²) in [7, 11) is 1.60. The fraction of sp³-hybridized carbons (Fsp3) is 0.478. The lowest BCUT2D eigenvalue weighted by atomic mass is 10.2. The number of aromatic nitrogens is 3. The fourth-order valence-corrected chi connectivity index (χ4v) is 4.84. The molecule has 34 heavy (non-hydrogen) atoms. The summed E-state index contributed by atoms with van der Waals surface area (Å²) in [4.78, 5) is 28.4. The van der Waals surface area contributed by atoms with E-state index in [0.717, 1.165) is 62.0 Å². The minimum absolute atomic E-state index is 0.325. The average molecular weight is 485 g/mol. The van der Waals surface area contributed by atoms with Crippen molar-refractivity contribution in [2.24, 2.45) is 4.99 Å². The first-order valence-electron chi connectivity index (χ1n) is 11.4. The molecular formula is C23H28N6O4S. The molecule has 0 radical (unpaired) electrons. The average Bonchev–Trinajstić information content (AvgIpc) is 3.52. The van der Waals surface area contributed by atoms with Gasteiger partial charge < -0.3 is 19.5 Å². The van der Waals surface area contributed by atoms with E-state index in [1.54, 1.807) is 12.5 Å².